The molecule has 1 amide bonds. The van der Waals surface area contributed by atoms with Crippen molar-refractivity contribution >= 4 is 5.91 Å². The largest absolute Gasteiger partial charge is 0.339 e. The number of benzene rings is 1. The zero-order valence-electron chi connectivity index (χ0n) is 14.7. The molecule has 2 bridgehead atoms. The normalized spacial score (nSPS) is 31.5. The van der Waals surface area contributed by atoms with Gasteiger partial charge >= 0.3 is 0 Å². The molecule has 2 aliphatic carbocycles. The highest BCUT2D eigenvalue weighted by atomic mass is 16.2. The summed E-state index contributed by atoms with van der Waals surface area (Å²) in [5, 5.41) is 0. The van der Waals surface area contributed by atoms with Gasteiger partial charge in [-0.05, 0) is 62.5 Å². The van der Waals surface area contributed by atoms with E-state index in [4.69, 9.17) is 5.73 Å². The van der Waals surface area contributed by atoms with Gasteiger partial charge in [0.2, 0.25) is 5.91 Å². The number of nitrogens with zero attached hydrogens (tertiary/aromatic N) is 1. The fourth-order valence-electron chi connectivity index (χ4n) is 4.73. The highest BCUT2D eigenvalue weighted by Gasteiger charge is 2.41. The number of fused-ring (bicyclic) bond motifs is 2. The van der Waals surface area contributed by atoms with E-state index < -0.39 is 0 Å². The predicted octanol–water partition coefficient (Wildman–Crippen LogP) is 3.67. The van der Waals surface area contributed by atoms with E-state index in [2.05, 4.69) is 38.1 Å². The number of aryl methyl sites for hydroxylation is 1. The molecule has 0 radical (unpaired) electrons. The lowest BCUT2D eigenvalue weighted by Gasteiger charge is -2.44. The molecule has 3 unspecified atom stereocenters. The Hall–Kier alpha value is -1.35. The van der Waals surface area contributed by atoms with Crippen LogP contribution in [0.1, 0.15) is 56.2 Å². The lowest BCUT2D eigenvalue weighted by atomic mass is 9.65. The van der Waals surface area contributed by atoms with Crippen molar-refractivity contribution in [1.29, 1.82) is 0 Å². The van der Waals surface area contributed by atoms with Gasteiger partial charge in [0.1, 0.15) is 0 Å². The molecule has 23 heavy (non-hydrogen) atoms. The van der Waals surface area contributed by atoms with Crippen LogP contribution in [0.5, 0.6) is 0 Å². The van der Waals surface area contributed by atoms with E-state index in [0.29, 0.717) is 23.8 Å². The summed E-state index contributed by atoms with van der Waals surface area (Å²) in [6, 6.07) is 8.81. The van der Waals surface area contributed by atoms with Crippen molar-refractivity contribution in [2.75, 3.05) is 7.05 Å². The Morgan fingerprint density at radius 2 is 1.83 bits per heavy atom. The molecule has 0 aromatic heterocycles. The summed E-state index contributed by atoms with van der Waals surface area (Å²) >= 11 is 0. The van der Waals surface area contributed by atoms with Crippen molar-refractivity contribution < 1.29 is 4.79 Å². The minimum atomic E-state index is 0.124. The van der Waals surface area contributed by atoms with E-state index in [1.165, 1.54) is 30.4 Å². The monoisotopic (exact) mass is 314 g/mol. The van der Waals surface area contributed by atoms with Crippen LogP contribution in [0.3, 0.4) is 0 Å². The Morgan fingerprint density at radius 3 is 2.43 bits per heavy atom. The molecule has 3 nitrogen and oxygen atoms in total. The Bertz CT molecular complexity index is 557. The van der Waals surface area contributed by atoms with Crippen LogP contribution in [-0.4, -0.2) is 23.9 Å². The molecular formula is C20H30N2O. The molecule has 0 saturated heterocycles. The maximum Gasteiger partial charge on any atom is 0.225 e. The number of carbonyl (C=O) groups excluding carboxylic acids is 1. The number of amides is 1. The van der Waals surface area contributed by atoms with Crippen LogP contribution in [-0.2, 0) is 4.79 Å². The van der Waals surface area contributed by atoms with Gasteiger partial charge in [0.15, 0.2) is 0 Å². The third-order valence-corrected chi connectivity index (χ3v) is 6.33. The third kappa shape index (κ3) is 3.16. The van der Waals surface area contributed by atoms with Crippen LogP contribution in [0.15, 0.2) is 24.3 Å². The average molecular weight is 314 g/mol. The van der Waals surface area contributed by atoms with Crippen LogP contribution < -0.4 is 5.73 Å². The van der Waals surface area contributed by atoms with Crippen molar-refractivity contribution in [2.24, 2.45) is 23.5 Å². The van der Waals surface area contributed by atoms with Gasteiger partial charge in [-0.1, -0.05) is 30.7 Å². The summed E-state index contributed by atoms with van der Waals surface area (Å²) in [4.78, 5) is 15.0. The van der Waals surface area contributed by atoms with Gasteiger partial charge in [-0.3, -0.25) is 4.79 Å². The number of nitrogens with two attached hydrogens (primary N) is 1. The minimum Gasteiger partial charge on any atom is -0.339 e. The molecule has 2 aliphatic rings. The molecule has 1 aromatic carbocycles. The Morgan fingerprint density at radius 1 is 1.22 bits per heavy atom. The Balaban J connectivity index is 1.71. The number of carbonyl (C=O) groups is 1. The Kier molecular flexibility index (Phi) is 4.77. The van der Waals surface area contributed by atoms with Gasteiger partial charge in [-0.25, -0.2) is 0 Å². The van der Waals surface area contributed by atoms with Crippen LogP contribution >= 0.6 is 0 Å². The lowest BCUT2D eigenvalue weighted by Crippen LogP contribution is -2.49. The van der Waals surface area contributed by atoms with Crippen molar-refractivity contribution in [3.63, 3.8) is 0 Å². The molecular weight excluding hydrogens is 284 g/mol. The molecule has 0 spiro atoms. The molecule has 2 fully saturated rings. The van der Waals surface area contributed by atoms with E-state index in [0.717, 1.165) is 12.8 Å². The van der Waals surface area contributed by atoms with Crippen LogP contribution in [0.2, 0.25) is 0 Å². The molecule has 0 heterocycles. The molecule has 3 atom stereocenters. The Labute approximate surface area is 140 Å². The van der Waals surface area contributed by atoms with Gasteiger partial charge in [0.25, 0.3) is 0 Å². The van der Waals surface area contributed by atoms with Crippen molar-refractivity contribution in [1.82, 2.24) is 4.90 Å². The van der Waals surface area contributed by atoms with Crippen molar-refractivity contribution in [2.45, 2.75) is 58.0 Å². The average Bonchev–Trinajstić information content (AvgIpc) is 2.53. The first-order valence-electron chi connectivity index (χ1n) is 9.06. The maximum absolute atomic E-state index is 13.0. The predicted molar refractivity (Wildman–Crippen MR) is 93.9 cm³/mol. The minimum absolute atomic E-state index is 0.124. The zero-order chi connectivity index (χ0) is 16.6. The quantitative estimate of drug-likeness (QED) is 0.925. The summed E-state index contributed by atoms with van der Waals surface area (Å²) in [6.07, 6.45) is 5.68. The number of hydrogen-bond donors (Lipinski definition) is 1. The summed E-state index contributed by atoms with van der Waals surface area (Å²) in [5.41, 5.74) is 8.87. The molecule has 3 rings (SSSR count). The molecule has 126 valence electrons. The molecule has 1 aromatic rings. The third-order valence-electron chi connectivity index (χ3n) is 6.33. The van der Waals surface area contributed by atoms with E-state index in [-0.39, 0.29) is 12.0 Å². The highest BCUT2D eigenvalue weighted by molar-refractivity contribution is 5.79. The zero-order valence-corrected chi connectivity index (χ0v) is 14.7. The highest BCUT2D eigenvalue weighted by Crippen LogP contribution is 2.42. The van der Waals surface area contributed by atoms with Crippen LogP contribution in [0.25, 0.3) is 0 Å². The smallest absolute Gasteiger partial charge is 0.225 e. The maximum atomic E-state index is 13.0. The summed E-state index contributed by atoms with van der Waals surface area (Å²) in [5.74, 6) is 1.59. The molecule has 2 N–H and O–H groups in total. The van der Waals surface area contributed by atoms with Gasteiger partial charge in [0, 0.05) is 19.0 Å². The van der Waals surface area contributed by atoms with E-state index >= 15 is 0 Å². The van der Waals surface area contributed by atoms with Gasteiger partial charge in [0.05, 0.1) is 6.04 Å². The summed E-state index contributed by atoms with van der Waals surface area (Å²) in [7, 11) is 1.96. The SMILES string of the molecule is Cc1ccccc1C(C)N(C)C(=O)C1CC2CCCC(C1)C2N. The van der Waals surface area contributed by atoms with Crippen LogP contribution in [0.4, 0.5) is 0 Å². The lowest BCUT2D eigenvalue weighted by molar-refractivity contribution is -0.139. The first kappa shape index (κ1) is 16.5. The summed E-state index contributed by atoms with van der Waals surface area (Å²) in [6.45, 7) is 4.25. The second-order valence-corrected chi connectivity index (χ2v) is 7.68. The fraction of sp³-hybridized carbons (Fsp3) is 0.650. The molecule has 2 saturated carbocycles. The standard InChI is InChI=1S/C20H30N2O/c1-13-7-4-5-10-18(13)14(2)22(3)20(23)17-11-15-8-6-9-16(12-17)19(15)21/h4-5,7,10,14-17,19H,6,8-9,11-12,21H2,1-3H3. The molecule has 0 aliphatic heterocycles. The second kappa shape index (κ2) is 6.64. The van der Waals surface area contributed by atoms with Gasteiger partial charge in [-0.2, -0.15) is 0 Å². The van der Waals surface area contributed by atoms with Gasteiger partial charge < -0.3 is 10.6 Å². The van der Waals surface area contributed by atoms with E-state index in [9.17, 15) is 4.79 Å². The van der Waals surface area contributed by atoms with E-state index in [1.54, 1.807) is 0 Å². The number of rotatable bonds is 3. The first-order chi connectivity index (χ1) is 11.0. The van der Waals surface area contributed by atoms with Crippen LogP contribution in [0, 0.1) is 24.7 Å². The second-order valence-electron chi connectivity index (χ2n) is 7.68. The van der Waals surface area contributed by atoms with Gasteiger partial charge in [-0.15, -0.1) is 0 Å². The topological polar surface area (TPSA) is 46.3 Å². The molecule has 3 heteroatoms. The fourth-order valence-corrected chi connectivity index (χ4v) is 4.73. The van der Waals surface area contributed by atoms with Crippen molar-refractivity contribution in [3.8, 4) is 0 Å². The summed E-state index contributed by atoms with van der Waals surface area (Å²) < 4.78 is 0. The van der Waals surface area contributed by atoms with E-state index in [1.807, 2.05) is 11.9 Å². The first-order valence-corrected chi connectivity index (χ1v) is 9.06. The van der Waals surface area contributed by atoms with Crippen molar-refractivity contribution in [3.05, 3.63) is 35.4 Å². The number of hydrogen-bond acceptors (Lipinski definition) is 2.